The highest BCUT2D eigenvalue weighted by Gasteiger charge is 2.31. The molecule has 0 bridgehead atoms. The van der Waals surface area contributed by atoms with Gasteiger partial charge in [-0.25, -0.2) is 9.18 Å². The van der Waals surface area contributed by atoms with Crippen LogP contribution in [0.1, 0.15) is 28.8 Å². The van der Waals surface area contributed by atoms with Gasteiger partial charge in [0, 0.05) is 18.7 Å². The van der Waals surface area contributed by atoms with E-state index >= 15 is 0 Å². The summed E-state index contributed by atoms with van der Waals surface area (Å²) in [5.74, 6) is -1.87. The number of thiocarbonyl (C=S) groups is 1. The second-order valence-electron chi connectivity index (χ2n) is 6.42. The molecule has 0 aromatic heterocycles. The van der Waals surface area contributed by atoms with Crippen molar-refractivity contribution in [2.75, 3.05) is 11.9 Å². The van der Waals surface area contributed by atoms with Crippen LogP contribution in [-0.2, 0) is 9.59 Å². The molecule has 0 spiro atoms. The summed E-state index contributed by atoms with van der Waals surface area (Å²) in [7, 11) is 0. The van der Waals surface area contributed by atoms with Crippen LogP contribution in [0.15, 0.2) is 53.4 Å². The van der Waals surface area contributed by atoms with Gasteiger partial charge in [0.05, 0.1) is 10.5 Å². The van der Waals surface area contributed by atoms with Crippen LogP contribution in [0.2, 0.25) is 0 Å². The van der Waals surface area contributed by atoms with Crippen molar-refractivity contribution in [2.45, 2.75) is 12.8 Å². The molecule has 2 amide bonds. The third-order valence-electron chi connectivity index (χ3n) is 4.24. The maximum Gasteiger partial charge on any atom is 0.335 e. The fraction of sp³-hybridized carbons (Fsp3) is 0.143. The normalized spacial score (nSPS) is 15.0. The minimum absolute atomic E-state index is 0.135. The molecule has 6 nitrogen and oxygen atoms in total. The van der Waals surface area contributed by atoms with Crippen molar-refractivity contribution in [3.05, 3.63) is 70.4 Å². The van der Waals surface area contributed by atoms with E-state index in [2.05, 4.69) is 5.32 Å². The number of rotatable bonds is 7. The number of thioether (sulfide) groups is 1. The summed E-state index contributed by atoms with van der Waals surface area (Å²) in [6, 6.07) is 11.6. The molecule has 9 heteroatoms. The van der Waals surface area contributed by atoms with Crippen molar-refractivity contribution >= 4 is 57.8 Å². The largest absolute Gasteiger partial charge is 0.478 e. The maximum atomic E-state index is 13.0. The third-order valence-corrected chi connectivity index (χ3v) is 5.62. The van der Waals surface area contributed by atoms with E-state index in [0.717, 1.165) is 0 Å². The SMILES string of the molecule is O=C(CCCN1C(=O)C(=Cc2ccc(F)cc2)SC1=S)Nc1ccc(C(=O)O)cc1. The average Bonchev–Trinajstić information content (AvgIpc) is 2.97. The Hall–Kier alpha value is -3.04. The molecule has 0 radical (unpaired) electrons. The Morgan fingerprint density at radius 2 is 1.80 bits per heavy atom. The number of benzene rings is 2. The Balaban J connectivity index is 1.51. The first-order valence-corrected chi connectivity index (χ1v) is 10.2. The van der Waals surface area contributed by atoms with Crippen molar-refractivity contribution < 1.29 is 23.9 Å². The van der Waals surface area contributed by atoms with Gasteiger partial charge >= 0.3 is 5.97 Å². The molecule has 1 saturated heterocycles. The van der Waals surface area contributed by atoms with Crippen LogP contribution in [-0.4, -0.2) is 38.7 Å². The van der Waals surface area contributed by atoms with Gasteiger partial charge in [-0.15, -0.1) is 0 Å². The zero-order valence-corrected chi connectivity index (χ0v) is 17.3. The van der Waals surface area contributed by atoms with Crippen LogP contribution in [0.4, 0.5) is 10.1 Å². The second kappa shape index (κ2) is 9.64. The molecule has 1 heterocycles. The molecule has 1 aliphatic rings. The van der Waals surface area contributed by atoms with E-state index in [1.165, 1.54) is 53.1 Å². The summed E-state index contributed by atoms with van der Waals surface area (Å²) < 4.78 is 13.4. The number of amides is 2. The van der Waals surface area contributed by atoms with Crippen LogP contribution >= 0.6 is 24.0 Å². The molecule has 3 rings (SSSR count). The van der Waals surface area contributed by atoms with Gasteiger partial charge in [-0.1, -0.05) is 36.1 Å². The predicted molar refractivity (Wildman–Crippen MR) is 118 cm³/mol. The molecule has 0 aliphatic carbocycles. The summed E-state index contributed by atoms with van der Waals surface area (Å²) in [5.41, 5.74) is 1.33. The van der Waals surface area contributed by atoms with E-state index in [1.807, 2.05) is 0 Å². The highest BCUT2D eigenvalue weighted by molar-refractivity contribution is 8.26. The minimum atomic E-state index is -1.04. The summed E-state index contributed by atoms with van der Waals surface area (Å²) in [4.78, 5) is 37.4. The number of hydrogen-bond acceptors (Lipinski definition) is 5. The van der Waals surface area contributed by atoms with Crippen LogP contribution in [0, 0.1) is 5.82 Å². The fourth-order valence-corrected chi connectivity index (χ4v) is 4.03. The number of aromatic carboxylic acids is 1. The van der Waals surface area contributed by atoms with E-state index in [0.29, 0.717) is 33.4 Å². The van der Waals surface area contributed by atoms with Crippen molar-refractivity contribution in [1.29, 1.82) is 0 Å². The lowest BCUT2D eigenvalue weighted by Crippen LogP contribution is -2.29. The summed E-state index contributed by atoms with van der Waals surface area (Å²) >= 11 is 6.44. The number of anilines is 1. The smallest absolute Gasteiger partial charge is 0.335 e. The monoisotopic (exact) mass is 444 g/mol. The average molecular weight is 445 g/mol. The van der Waals surface area contributed by atoms with Crippen molar-refractivity contribution in [3.63, 3.8) is 0 Å². The highest BCUT2D eigenvalue weighted by atomic mass is 32.2. The lowest BCUT2D eigenvalue weighted by molar-refractivity contribution is -0.122. The predicted octanol–water partition coefficient (Wildman–Crippen LogP) is 4.14. The van der Waals surface area contributed by atoms with Gasteiger partial charge in [-0.2, -0.15) is 0 Å². The fourth-order valence-electron chi connectivity index (χ4n) is 2.72. The molecule has 0 unspecified atom stereocenters. The third kappa shape index (κ3) is 5.52. The Kier molecular flexibility index (Phi) is 6.96. The summed E-state index contributed by atoms with van der Waals surface area (Å²) in [6.45, 7) is 0.302. The Morgan fingerprint density at radius 1 is 1.13 bits per heavy atom. The lowest BCUT2D eigenvalue weighted by atomic mass is 10.2. The Bertz CT molecular complexity index is 1020. The molecule has 1 aliphatic heterocycles. The van der Waals surface area contributed by atoms with E-state index in [1.54, 1.807) is 18.2 Å². The van der Waals surface area contributed by atoms with Gasteiger partial charge in [-0.05, 0) is 54.5 Å². The van der Waals surface area contributed by atoms with Crippen molar-refractivity contribution in [3.8, 4) is 0 Å². The first kappa shape index (κ1) is 21.7. The summed E-state index contributed by atoms with van der Waals surface area (Å²) in [5, 5.41) is 11.6. The van der Waals surface area contributed by atoms with Crippen LogP contribution in [0.3, 0.4) is 0 Å². The quantitative estimate of drug-likeness (QED) is 0.493. The minimum Gasteiger partial charge on any atom is -0.478 e. The molecule has 2 N–H and O–H groups in total. The first-order valence-electron chi connectivity index (χ1n) is 8.97. The molecule has 1 fully saturated rings. The molecule has 0 saturated carbocycles. The van der Waals surface area contributed by atoms with Crippen molar-refractivity contribution in [2.24, 2.45) is 0 Å². The zero-order chi connectivity index (χ0) is 21.7. The number of carboxylic acid groups (broad SMARTS) is 1. The number of carbonyl (C=O) groups excluding carboxylic acids is 2. The second-order valence-corrected chi connectivity index (χ2v) is 8.09. The molecule has 0 atom stereocenters. The first-order chi connectivity index (χ1) is 14.3. The maximum absolute atomic E-state index is 13.0. The standard InChI is InChI=1S/C21H17FN2O4S2/c22-15-7-3-13(4-8-15)12-17-19(26)24(21(29)30-17)11-1-2-18(25)23-16-9-5-14(6-10-16)20(27)28/h3-10,12H,1-2,11H2,(H,23,25)(H,27,28). The van der Waals surface area contributed by atoms with Gasteiger partial charge < -0.3 is 10.4 Å². The molecular formula is C21H17FN2O4S2. The number of nitrogens with zero attached hydrogens (tertiary/aromatic N) is 1. The number of hydrogen-bond donors (Lipinski definition) is 2. The van der Waals surface area contributed by atoms with Gasteiger partial charge in [0.1, 0.15) is 10.1 Å². The number of halogens is 1. The topological polar surface area (TPSA) is 86.7 Å². The van der Waals surface area contributed by atoms with E-state index in [4.69, 9.17) is 17.3 Å². The molecule has 30 heavy (non-hydrogen) atoms. The Labute approximate surface area is 181 Å². The van der Waals surface area contributed by atoms with Gasteiger partial charge in [0.2, 0.25) is 5.91 Å². The van der Waals surface area contributed by atoms with Crippen LogP contribution < -0.4 is 5.32 Å². The van der Waals surface area contributed by atoms with Crippen LogP contribution in [0.25, 0.3) is 6.08 Å². The number of nitrogens with one attached hydrogen (secondary N) is 1. The number of carboxylic acids is 1. The van der Waals surface area contributed by atoms with Gasteiger partial charge in [0.25, 0.3) is 5.91 Å². The number of carbonyl (C=O) groups is 3. The molecule has 154 valence electrons. The molecule has 2 aromatic carbocycles. The molecule has 2 aromatic rings. The Morgan fingerprint density at radius 3 is 2.43 bits per heavy atom. The van der Waals surface area contributed by atoms with Gasteiger partial charge in [0.15, 0.2) is 0 Å². The van der Waals surface area contributed by atoms with E-state index in [9.17, 15) is 18.8 Å². The van der Waals surface area contributed by atoms with Crippen LogP contribution in [0.5, 0.6) is 0 Å². The summed E-state index contributed by atoms with van der Waals surface area (Å²) in [6.07, 6.45) is 2.25. The highest BCUT2D eigenvalue weighted by Crippen LogP contribution is 2.32. The van der Waals surface area contributed by atoms with E-state index in [-0.39, 0.29) is 29.6 Å². The van der Waals surface area contributed by atoms with Crippen molar-refractivity contribution in [1.82, 2.24) is 4.90 Å². The molecular weight excluding hydrogens is 427 g/mol. The van der Waals surface area contributed by atoms with E-state index < -0.39 is 5.97 Å². The lowest BCUT2D eigenvalue weighted by Gasteiger charge is -2.14. The zero-order valence-electron chi connectivity index (χ0n) is 15.6. The van der Waals surface area contributed by atoms with Gasteiger partial charge in [-0.3, -0.25) is 14.5 Å².